The van der Waals surface area contributed by atoms with Gasteiger partial charge in [-0.25, -0.2) is 8.42 Å². The van der Waals surface area contributed by atoms with Gasteiger partial charge >= 0.3 is 0 Å². The van der Waals surface area contributed by atoms with Gasteiger partial charge in [0.15, 0.2) is 9.84 Å². The molecule has 0 fully saturated rings. The molecule has 1 N–H and O–H groups in total. The van der Waals surface area contributed by atoms with Crippen molar-refractivity contribution in [1.82, 2.24) is 0 Å². The van der Waals surface area contributed by atoms with Crippen LogP contribution in [-0.4, -0.2) is 20.6 Å². The van der Waals surface area contributed by atoms with Crippen LogP contribution in [-0.2, 0) is 9.84 Å². The second-order valence-corrected chi connectivity index (χ2v) is 7.02. The molecule has 1 amide bonds. The summed E-state index contributed by atoms with van der Waals surface area (Å²) in [6, 6.07) is 11.7. The van der Waals surface area contributed by atoms with Crippen molar-refractivity contribution in [1.29, 1.82) is 0 Å². The zero-order valence-corrected chi connectivity index (χ0v) is 13.0. The van der Waals surface area contributed by atoms with Crippen LogP contribution >= 0.6 is 0 Å². The summed E-state index contributed by atoms with van der Waals surface area (Å²) in [4.78, 5) is 12.5. The van der Waals surface area contributed by atoms with E-state index in [1.165, 1.54) is 12.1 Å². The van der Waals surface area contributed by atoms with Gasteiger partial charge in [-0.2, -0.15) is 0 Å². The summed E-state index contributed by atoms with van der Waals surface area (Å²) in [7, 11) is -3.29. The Bertz CT molecular complexity index is 795. The van der Waals surface area contributed by atoms with Gasteiger partial charge in [0.1, 0.15) is 0 Å². The van der Waals surface area contributed by atoms with E-state index in [9.17, 15) is 13.2 Å². The zero-order chi connectivity index (χ0) is 15.6. The van der Waals surface area contributed by atoms with Crippen LogP contribution in [0.5, 0.6) is 0 Å². The largest absolute Gasteiger partial charge is 0.322 e. The van der Waals surface area contributed by atoms with Crippen LogP contribution in [0.2, 0.25) is 0 Å². The number of amides is 1. The maximum absolute atomic E-state index is 12.3. The van der Waals surface area contributed by atoms with E-state index in [2.05, 4.69) is 5.32 Å². The van der Waals surface area contributed by atoms with E-state index in [-0.39, 0.29) is 10.8 Å². The standard InChI is InChI=1S/C16H17NO3S/c1-11-6-4-9-15(12(11)2)16(18)17-13-7-5-8-14(10-13)21(3,19)20/h4-10H,1-3H3,(H,17,18). The fraction of sp³-hybridized carbons (Fsp3) is 0.188. The van der Waals surface area contributed by atoms with E-state index in [0.717, 1.165) is 17.4 Å². The number of hydrogen-bond acceptors (Lipinski definition) is 3. The molecule has 2 aromatic carbocycles. The van der Waals surface area contributed by atoms with Gasteiger partial charge in [-0.05, 0) is 49.2 Å². The molecule has 110 valence electrons. The van der Waals surface area contributed by atoms with E-state index in [4.69, 9.17) is 0 Å². The SMILES string of the molecule is Cc1cccc(C(=O)Nc2cccc(S(C)(=O)=O)c2)c1C. The number of rotatable bonds is 3. The molecule has 0 aromatic heterocycles. The number of nitrogens with one attached hydrogen (secondary N) is 1. The predicted molar refractivity (Wildman–Crippen MR) is 83.4 cm³/mol. The van der Waals surface area contributed by atoms with Gasteiger partial charge in [-0.1, -0.05) is 18.2 Å². The molecule has 0 aliphatic rings. The van der Waals surface area contributed by atoms with Gasteiger partial charge in [0.2, 0.25) is 0 Å². The van der Waals surface area contributed by atoms with Gasteiger partial charge in [0, 0.05) is 17.5 Å². The summed E-state index contributed by atoms with van der Waals surface area (Å²) in [5, 5.41) is 2.74. The fourth-order valence-corrected chi connectivity index (χ4v) is 2.67. The highest BCUT2D eigenvalue weighted by atomic mass is 32.2. The number of sulfone groups is 1. The Morgan fingerprint density at radius 3 is 2.38 bits per heavy atom. The molecule has 0 unspecified atom stereocenters. The zero-order valence-electron chi connectivity index (χ0n) is 12.2. The number of carbonyl (C=O) groups excluding carboxylic acids is 1. The lowest BCUT2D eigenvalue weighted by Gasteiger charge is -2.10. The average Bonchev–Trinajstić information content (AvgIpc) is 2.41. The second-order valence-electron chi connectivity index (χ2n) is 5.00. The topological polar surface area (TPSA) is 63.2 Å². The third-order valence-electron chi connectivity index (χ3n) is 3.37. The number of aryl methyl sites for hydroxylation is 1. The van der Waals surface area contributed by atoms with Gasteiger partial charge in [-0.3, -0.25) is 4.79 Å². The number of benzene rings is 2. The Kier molecular flexibility index (Phi) is 4.14. The van der Waals surface area contributed by atoms with E-state index >= 15 is 0 Å². The van der Waals surface area contributed by atoms with Crippen molar-refractivity contribution >= 4 is 21.4 Å². The van der Waals surface area contributed by atoms with Gasteiger partial charge in [0.25, 0.3) is 5.91 Å². The molecule has 2 rings (SSSR count). The van der Waals surface area contributed by atoms with Crippen LogP contribution in [0.4, 0.5) is 5.69 Å². The first-order valence-electron chi connectivity index (χ1n) is 6.47. The summed E-state index contributed by atoms with van der Waals surface area (Å²) in [5.41, 5.74) is 2.99. The van der Waals surface area contributed by atoms with Crippen molar-refractivity contribution in [2.75, 3.05) is 11.6 Å². The van der Waals surface area contributed by atoms with E-state index in [0.29, 0.717) is 11.3 Å². The smallest absolute Gasteiger partial charge is 0.255 e. The molecule has 0 aliphatic heterocycles. The second kappa shape index (κ2) is 5.69. The molecular weight excluding hydrogens is 286 g/mol. The molecule has 0 saturated carbocycles. The van der Waals surface area contributed by atoms with Crippen LogP contribution in [0.3, 0.4) is 0 Å². The summed E-state index contributed by atoms with van der Waals surface area (Å²) >= 11 is 0. The highest BCUT2D eigenvalue weighted by Crippen LogP contribution is 2.18. The molecule has 0 aliphatic carbocycles. The maximum Gasteiger partial charge on any atom is 0.255 e. The van der Waals surface area contributed by atoms with Crippen LogP contribution < -0.4 is 5.32 Å². The number of carbonyl (C=O) groups is 1. The van der Waals surface area contributed by atoms with E-state index in [1.807, 2.05) is 26.0 Å². The summed E-state index contributed by atoms with van der Waals surface area (Å²) in [6.45, 7) is 3.83. The molecule has 0 saturated heterocycles. The number of anilines is 1. The monoisotopic (exact) mass is 303 g/mol. The fourth-order valence-electron chi connectivity index (χ4n) is 2.00. The minimum atomic E-state index is -3.29. The highest BCUT2D eigenvalue weighted by Gasteiger charge is 2.12. The van der Waals surface area contributed by atoms with Crippen LogP contribution in [0.1, 0.15) is 21.5 Å². The highest BCUT2D eigenvalue weighted by molar-refractivity contribution is 7.90. The van der Waals surface area contributed by atoms with E-state index in [1.54, 1.807) is 18.2 Å². The summed E-state index contributed by atoms with van der Waals surface area (Å²) < 4.78 is 23.1. The first kappa shape index (κ1) is 15.3. The van der Waals surface area contributed by atoms with Crippen LogP contribution in [0.25, 0.3) is 0 Å². The third kappa shape index (κ3) is 3.49. The van der Waals surface area contributed by atoms with Crippen molar-refractivity contribution in [3.8, 4) is 0 Å². The molecule has 21 heavy (non-hydrogen) atoms. The van der Waals surface area contributed by atoms with Crippen molar-refractivity contribution < 1.29 is 13.2 Å². The minimum Gasteiger partial charge on any atom is -0.322 e. The Morgan fingerprint density at radius 2 is 1.71 bits per heavy atom. The summed E-state index contributed by atoms with van der Waals surface area (Å²) in [5.74, 6) is -0.248. The Labute approximate surface area is 124 Å². The quantitative estimate of drug-likeness (QED) is 0.948. The van der Waals surface area contributed by atoms with Crippen molar-refractivity contribution in [3.05, 3.63) is 59.2 Å². The molecule has 5 heteroatoms. The van der Waals surface area contributed by atoms with Crippen molar-refractivity contribution in [2.24, 2.45) is 0 Å². The molecular formula is C16H17NO3S. The molecule has 2 aromatic rings. The Balaban J connectivity index is 2.30. The molecule has 0 bridgehead atoms. The number of hydrogen-bond donors (Lipinski definition) is 1. The van der Waals surface area contributed by atoms with Crippen LogP contribution in [0, 0.1) is 13.8 Å². The lowest BCUT2D eigenvalue weighted by atomic mass is 10.0. The lowest BCUT2D eigenvalue weighted by molar-refractivity contribution is 0.102. The van der Waals surface area contributed by atoms with Gasteiger partial charge in [-0.15, -0.1) is 0 Å². The lowest BCUT2D eigenvalue weighted by Crippen LogP contribution is -2.14. The minimum absolute atomic E-state index is 0.182. The molecule has 0 heterocycles. The summed E-state index contributed by atoms with van der Waals surface area (Å²) in [6.07, 6.45) is 1.14. The first-order chi connectivity index (χ1) is 9.79. The van der Waals surface area contributed by atoms with Crippen molar-refractivity contribution in [2.45, 2.75) is 18.7 Å². The van der Waals surface area contributed by atoms with Gasteiger partial charge in [0.05, 0.1) is 4.90 Å². The van der Waals surface area contributed by atoms with Crippen molar-refractivity contribution in [3.63, 3.8) is 0 Å². The Hall–Kier alpha value is -2.14. The predicted octanol–water partition coefficient (Wildman–Crippen LogP) is 2.96. The maximum atomic E-state index is 12.3. The molecule has 0 radical (unpaired) electrons. The normalized spacial score (nSPS) is 11.2. The third-order valence-corrected chi connectivity index (χ3v) is 4.48. The van der Waals surface area contributed by atoms with E-state index < -0.39 is 9.84 Å². The first-order valence-corrected chi connectivity index (χ1v) is 8.36. The van der Waals surface area contributed by atoms with Crippen LogP contribution in [0.15, 0.2) is 47.4 Å². The molecule has 0 atom stereocenters. The molecule has 4 nitrogen and oxygen atoms in total. The van der Waals surface area contributed by atoms with Gasteiger partial charge < -0.3 is 5.32 Å². The average molecular weight is 303 g/mol. The Morgan fingerprint density at radius 1 is 1.05 bits per heavy atom. The molecule has 0 spiro atoms.